The molecule has 0 amide bonds. The molecule has 0 aliphatic heterocycles. The zero-order valence-corrected chi connectivity index (χ0v) is 10.4. The van der Waals surface area contributed by atoms with Gasteiger partial charge in [-0.15, -0.1) is 24.0 Å². The van der Waals surface area contributed by atoms with Gasteiger partial charge in [0.2, 0.25) is 0 Å². The van der Waals surface area contributed by atoms with E-state index in [9.17, 15) is 0 Å². The molecule has 2 aromatic rings. The van der Waals surface area contributed by atoms with E-state index in [-0.39, 0.29) is 0 Å². The fourth-order valence-corrected chi connectivity index (χ4v) is 2.48. The average molecular weight is 236 g/mol. The topological polar surface area (TPSA) is 9.23 Å². The van der Waals surface area contributed by atoms with Crippen molar-refractivity contribution in [2.24, 2.45) is 0 Å². The third-order valence-corrected chi connectivity index (χ3v) is 3.15. The molecular weight excluding hydrogens is 224 g/mol. The minimum Gasteiger partial charge on any atom is -0.446 e. The van der Waals surface area contributed by atoms with Crippen LogP contribution in [0.3, 0.4) is 0 Å². The third kappa shape index (κ3) is 2.36. The smallest absolute Gasteiger partial charge is 0.180 e. The molecule has 78 valence electrons. The first-order valence-corrected chi connectivity index (χ1v) is 6.01. The molecular formula is C12H12OS2. The minimum atomic E-state index is 0.924. The van der Waals surface area contributed by atoms with E-state index < -0.39 is 0 Å². The van der Waals surface area contributed by atoms with Gasteiger partial charge in [0.15, 0.2) is 5.06 Å². The van der Waals surface area contributed by atoms with Gasteiger partial charge in [0, 0.05) is 4.90 Å². The van der Waals surface area contributed by atoms with Crippen molar-refractivity contribution in [3.8, 4) is 10.8 Å². The Morgan fingerprint density at radius 2 is 1.87 bits per heavy atom. The van der Waals surface area contributed by atoms with Gasteiger partial charge in [0.25, 0.3) is 0 Å². The summed E-state index contributed by atoms with van der Waals surface area (Å²) in [6.45, 7) is 4.07. The number of rotatable bonds is 2. The molecule has 0 saturated carbocycles. The molecule has 0 fully saturated rings. The molecule has 1 aromatic carbocycles. The zero-order chi connectivity index (χ0) is 10.8. The Labute approximate surface area is 99.1 Å². The van der Waals surface area contributed by atoms with Crippen molar-refractivity contribution in [2.45, 2.75) is 18.7 Å². The second-order valence-corrected chi connectivity index (χ2v) is 4.87. The lowest BCUT2D eigenvalue weighted by Crippen LogP contribution is -1.89. The van der Waals surface area contributed by atoms with E-state index in [1.54, 1.807) is 11.3 Å². The van der Waals surface area contributed by atoms with E-state index in [2.05, 4.69) is 12.6 Å². The quantitative estimate of drug-likeness (QED) is 0.758. The summed E-state index contributed by atoms with van der Waals surface area (Å²) in [7, 11) is 0. The Bertz CT molecular complexity index is 437. The molecule has 0 aliphatic rings. The third-order valence-electron chi connectivity index (χ3n) is 2.14. The Kier molecular flexibility index (Phi) is 3.03. The van der Waals surface area contributed by atoms with Crippen molar-refractivity contribution >= 4 is 24.0 Å². The average Bonchev–Trinajstić information content (AvgIpc) is 2.63. The summed E-state index contributed by atoms with van der Waals surface area (Å²) in [5, 5.41) is 2.93. The van der Waals surface area contributed by atoms with Crippen LogP contribution in [0, 0.1) is 13.8 Å². The minimum absolute atomic E-state index is 0.924. The molecule has 15 heavy (non-hydrogen) atoms. The van der Waals surface area contributed by atoms with Crippen molar-refractivity contribution < 1.29 is 4.74 Å². The summed E-state index contributed by atoms with van der Waals surface area (Å²) in [5.41, 5.74) is 2.24. The number of thiol groups is 1. The predicted octanol–water partition coefficient (Wildman–Crippen LogP) is 4.45. The number of thiophene rings is 1. The second kappa shape index (κ2) is 4.29. The fraction of sp³-hybridized carbons (Fsp3) is 0.167. The Balaban J connectivity index is 2.36. The SMILES string of the molecule is Cc1cc(S)cc(C)c1Oc1cccs1. The standard InChI is InChI=1S/C12H12OS2/c1-8-6-10(14)7-9(2)12(8)13-11-4-3-5-15-11/h3-7,14H,1-2H3. The summed E-state index contributed by atoms with van der Waals surface area (Å²) in [6.07, 6.45) is 0. The van der Waals surface area contributed by atoms with Crippen LogP contribution in [-0.4, -0.2) is 0 Å². The van der Waals surface area contributed by atoms with Gasteiger partial charge in [-0.2, -0.15) is 0 Å². The van der Waals surface area contributed by atoms with E-state index in [1.807, 2.05) is 43.5 Å². The Morgan fingerprint density at radius 3 is 2.40 bits per heavy atom. The lowest BCUT2D eigenvalue weighted by atomic mass is 10.1. The second-order valence-electron chi connectivity index (χ2n) is 3.44. The van der Waals surface area contributed by atoms with Gasteiger partial charge < -0.3 is 4.74 Å². The van der Waals surface area contributed by atoms with Crippen LogP contribution < -0.4 is 4.74 Å². The number of benzene rings is 1. The number of hydrogen-bond donors (Lipinski definition) is 1. The van der Waals surface area contributed by atoms with E-state index in [0.29, 0.717) is 0 Å². The summed E-state index contributed by atoms with van der Waals surface area (Å²) in [5.74, 6) is 0.940. The van der Waals surface area contributed by atoms with E-state index >= 15 is 0 Å². The number of hydrogen-bond acceptors (Lipinski definition) is 3. The van der Waals surface area contributed by atoms with E-state index in [4.69, 9.17) is 4.74 Å². The molecule has 0 aliphatic carbocycles. The zero-order valence-electron chi connectivity index (χ0n) is 8.65. The van der Waals surface area contributed by atoms with Crippen LogP contribution in [-0.2, 0) is 0 Å². The monoisotopic (exact) mass is 236 g/mol. The van der Waals surface area contributed by atoms with Crippen molar-refractivity contribution in [3.05, 3.63) is 40.8 Å². The first kappa shape index (κ1) is 10.6. The largest absolute Gasteiger partial charge is 0.446 e. The highest BCUT2D eigenvalue weighted by Gasteiger charge is 2.06. The van der Waals surface area contributed by atoms with Crippen LogP contribution in [0.5, 0.6) is 10.8 Å². The Morgan fingerprint density at radius 1 is 1.20 bits per heavy atom. The summed E-state index contributed by atoms with van der Waals surface area (Å²) in [6, 6.07) is 7.98. The maximum absolute atomic E-state index is 5.82. The summed E-state index contributed by atoms with van der Waals surface area (Å²) in [4.78, 5) is 0.975. The maximum Gasteiger partial charge on any atom is 0.180 e. The van der Waals surface area contributed by atoms with Gasteiger partial charge in [-0.25, -0.2) is 0 Å². The van der Waals surface area contributed by atoms with Crippen molar-refractivity contribution in [1.29, 1.82) is 0 Å². The molecule has 0 atom stereocenters. The number of ether oxygens (including phenoxy) is 1. The molecule has 0 saturated heterocycles. The van der Waals surface area contributed by atoms with Crippen LogP contribution in [0.25, 0.3) is 0 Å². The molecule has 0 radical (unpaired) electrons. The van der Waals surface area contributed by atoms with Gasteiger partial charge in [0.05, 0.1) is 0 Å². The summed E-state index contributed by atoms with van der Waals surface area (Å²) < 4.78 is 5.82. The molecule has 0 bridgehead atoms. The van der Waals surface area contributed by atoms with Crippen LogP contribution in [0.15, 0.2) is 34.5 Å². The lowest BCUT2D eigenvalue weighted by molar-refractivity contribution is 0.488. The molecule has 0 unspecified atom stereocenters. The van der Waals surface area contributed by atoms with Crippen LogP contribution in [0.2, 0.25) is 0 Å². The van der Waals surface area contributed by atoms with Crippen LogP contribution >= 0.6 is 24.0 Å². The highest BCUT2D eigenvalue weighted by atomic mass is 32.1. The fourth-order valence-electron chi connectivity index (χ4n) is 1.51. The summed E-state index contributed by atoms with van der Waals surface area (Å²) >= 11 is 5.93. The van der Waals surface area contributed by atoms with Crippen LogP contribution in [0.4, 0.5) is 0 Å². The van der Waals surface area contributed by atoms with Gasteiger partial charge in [0.1, 0.15) is 5.75 Å². The van der Waals surface area contributed by atoms with Gasteiger partial charge in [-0.05, 0) is 54.6 Å². The van der Waals surface area contributed by atoms with E-state index in [0.717, 1.165) is 26.8 Å². The molecule has 1 aromatic heterocycles. The van der Waals surface area contributed by atoms with Crippen molar-refractivity contribution in [1.82, 2.24) is 0 Å². The normalized spacial score (nSPS) is 10.3. The molecule has 2 rings (SSSR count). The van der Waals surface area contributed by atoms with Crippen LogP contribution in [0.1, 0.15) is 11.1 Å². The number of aryl methyl sites for hydroxylation is 2. The van der Waals surface area contributed by atoms with Crippen molar-refractivity contribution in [3.63, 3.8) is 0 Å². The van der Waals surface area contributed by atoms with Gasteiger partial charge >= 0.3 is 0 Å². The first-order valence-electron chi connectivity index (χ1n) is 4.68. The molecule has 3 heteroatoms. The Hall–Kier alpha value is -0.930. The van der Waals surface area contributed by atoms with Crippen molar-refractivity contribution in [2.75, 3.05) is 0 Å². The van der Waals surface area contributed by atoms with E-state index in [1.165, 1.54) is 0 Å². The molecule has 1 nitrogen and oxygen atoms in total. The van der Waals surface area contributed by atoms with Gasteiger partial charge in [-0.3, -0.25) is 0 Å². The molecule has 0 spiro atoms. The van der Waals surface area contributed by atoms with Gasteiger partial charge in [-0.1, -0.05) is 0 Å². The molecule has 1 heterocycles. The highest BCUT2D eigenvalue weighted by Crippen LogP contribution is 2.32. The predicted molar refractivity (Wildman–Crippen MR) is 67.6 cm³/mol. The first-order chi connectivity index (χ1) is 7.16. The lowest BCUT2D eigenvalue weighted by Gasteiger charge is -2.10. The highest BCUT2D eigenvalue weighted by molar-refractivity contribution is 7.80. The maximum atomic E-state index is 5.82. The molecule has 0 N–H and O–H groups in total.